The van der Waals surface area contributed by atoms with Gasteiger partial charge in [0, 0.05) is 29.0 Å². The second-order valence-electron chi connectivity index (χ2n) is 2.87. The first-order chi connectivity index (χ1) is 5.91. The second-order valence-corrected chi connectivity index (χ2v) is 3.26. The minimum atomic E-state index is 0.342. The summed E-state index contributed by atoms with van der Waals surface area (Å²) in [6.07, 6.45) is 8.14. The normalized spacial score (nSPS) is 9.17. The first-order valence-corrected chi connectivity index (χ1v) is 5.40. The van der Waals surface area contributed by atoms with Gasteiger partial charge in [0.1, 0.15) is 0 Å². The molecule has 1 N–H and O–H groups in total. The van der Waals surface area contributed by atoms with Gasteiger partial charge in [-0.25, -0.2) is 0 Å². The predicted octanol–water partition coefficient (Wildman–Crippen LogP) is 3.07. The average molecular weight is 233 g/mol. The molecule has 0 rings (SSSR count). The highest BCUT2D eigenvalue weighted by atomic mass is 79.9. The monoisotopic (exact) mass is 232 g/mol. The molecule has 0 amide bonds. The molecule has 0 saturated heterocycles. The van der Waals surface area contributed by atoms with Crippen LogP contribution < -0.4 is 0 Å². The Hall–Kier alpha value is 0. The largest absolute Gasteiger partial charge is 0.396 e. The molecule has 0 aliphatic carbocycles. The van der Waals surface area contributed by atoms with Crippen molar-refractivity contribution in [2.75, 3.05) is 6.61 Å². The Kier molecular flexibility index (Phi) is 11.0. The first-order valence-electron chi connectivity index (χ1n) is 4.61. The minimum Gasteiger partial charge on any atom is -0.396 e. The number of halogens is 1. The van der Waals surface area contributed by atoms with Crippen LogP contribution in [0.15, 0.2) is 0 Å². The fourth-order valence-electron chi connectivity index (χ4n) is 1.08. The van der Waals surface area contributed by atoms with Crippen LogP contribution in [0.3, 0.4) is 0 Å². The van der Waals surface area contributed by atoms with Gasteiger partial charge in [0.05, 0.1) is 0 Å². The van der Waals surface area contributed by atoms with Crippen LogP contribution in [0.5, 0.6) is 0 Å². The van der Waals surface area contributed by atoms with E-state index in [0.717, 1.165) is 12.8 Å². The quantitative estimate of drug-likeness (QED) is 0.529. The third-order valence-corrected chi connectivity index (χ3v) is 2.06. The summed E-state index contributed by atoms with van der Waals surface area (Å²) in [6.45, 7) is 0.342. The van der Waals surface area contributed by atoms with Crippen molar-refractivity contribution in [1.82, 2.24) is 0 Å². The van der Waals surface area contributed by atoms with Crippen LogP contribution in [0.2, 0.25) is 0 Å². The molecule has 0 aliphatic rings. The smallest absolute Gasteiger partial charge is 0.0431 e. The predicted molar refractivity (Wildman–Crippen MR) is 56.1 cm³/mol. The number of aliphatic hydroxyl groups excluding tert-OH is 1. The maximum Gasteiger partial charge on any atom is 0.0431 e. The lowest BCUT2D eigenvalue weighted by Gasteiger charge is -1.97. The zero-order valence-corrected chi connectivity index (χ0v) is 9.07. The van der Waals surface area contributed by atoms with Crippen molar-refractivity contribution in [3.05, 3.63) is 0 Å². The average Bonchev–Trinajstić information content (AvgIpc) is 2.10. The van der Waals surface area contributed by atoms with Crippen molar-refractivity contribution in [3.8, 4) is 10.8 Å². The summed E-state index contributed by atoms with van der Waals surface area (Å²) in [5, 5.41) is 8.52. The molecule has 0 spiro atoms. The van der Waals surface area contributed by atoms with Crippen LogP contribution in [-0.2, 0) is 0 Å². The molecule has 0 fully saturated rings. The topological polar surface area (TPSA) is 20.2 Å². The zero-order chi connectivity index (χ0) is 9.07. The molecule has 0 saturated carbocycles. The molecule has 0 radical (unpaired) electrons. The Morgan fingerprint density at radius 1 is 0.917 bits per heavy atom. The molecule has 70 valence electrons. The van der Waals surface area contributed by atoms with Crippen molar-refractivity contribution in [2.45, 2.75) is 44.9 Å². The Morgan fingerprint density at radius 2 is 1.50 bits per heavy atom. The zero-order valence-electron chi connectivity index (χ0n) is 7.48. The van der Waals surface area contributed by atoms with E-state index in [-0.39, 0.29) is 0 Å². The van der Waals surface area contributed by atoms with Crippen LogP contribution >= 0.6 is 15.9 Å². The summed E-state index contributed by atoms with van der Waals surface area (Å²) in [7, 11) is 0. The van der Waals surface area contributed by atoms with E-state index in [1.807, 2.05) is 0 Å². The van der Waals surface area contributed by atoms with E-state index in [4.69, 9.17) is 5.11 Å². The summed E-state index contributed by atoms with van der Waals surface area (Å²) in [6, 6.07) is 0. The molecular weight excluding hydrogens is 216 g/mol. The van der Waals surface area contributed by atoms with Gasteiger partial charge in [0.2, 0.25) is 0 Å². The highest BCUT2D eigenvalue weighted by Gasteiger charge is 1.88. The van der Waals surface area contributed by atoms with Crippen molar-refractivity contribution in [1.29, 1.82) is 0 Å². The van der Waals surface area contributed by atoms with Crippen molar-refractivity contribution >= 4 is 15.9 Å². The molecule has 0 bridgehead atoms. The van der Waals surface area contributed by atoms with E-state index in [0.29, 0.717) is 6.61 Å². The molecule has 0 atom stereocenters. The molecule has 2 heteroatoms. The minimum absolute atomic E-state index is 0.342. The molecule has 0 aliphatic heterocycles. The van der Waals surface area contributed by atoms with Crippen molar-refractivity contribution < 1.29 is 5.11 Å². The molecular formula is C10H17BrO. The van der Waals surface area contributed by atoms with E-state index >= 15 is 0 Å². The van der Waals surface area contributed by atoms with Crippen molar-refractivity contribution in [2.24, 2.45) is 0 Å². The molecule has 12 heavy (non-hydrogen) atoms. The number of unbranched alkanes of at least 4 members (excludes halogenated alkanes) is 6. The lowest BCUT2D eigenvalue weighted by atomic mass is 10.1. The SMILES string of the molecule is OCCCCCCCCC#CBr. The molecule has 0 heterocycles. The maximum absolute atomic E-state index is 8.52. The lowest BCUT2D eigenvalue weighted by molar-refractivity contribution is 0.282. The van der Waals surface area contributed by atoms with Gasteiger partial charge in [-0.15, -0.1) is 0 Å². The fraction of sp³-hybridized carbons (Fsp3) is 0.800. The number of rotatable bonds is 7. The summed E-state index contributed by atoms with van der Waals surface area (Å²) >= 11 is 3.06. The highest BCUT2D eigenvalue weighted by molar-refractivity contribution is 9.12. The van der Waals surface area contributed by atoms with Gasteiger partial charge >= 0.3 is 0 Å². The van der Waals surface area contributed by atoms with Crippen LogP contribution in [0.4, 0.5) is 0 Å². The van der Waals surface area contributed by atoms with Gasteiger partial charge in [-0.05, 0) is 17.7 Å². The maximum atomic E-state index is 8.52. The van der Waals surface area contributed by atoms with Crippen LogP contribution in [0, 0.1) is 10.8 Å². The lowest BCUT2D eigenvalue weighted by Crippen LogP contribution is -1.83. The molecule has 0 aromatic carbocycles. The second kappa shape index (κ2) is 11.0. The standard InChI is InChI=1S/C10H17BrO/c11-9-7-5-3-1-2-4-6-8-10-12/h12H,1-6,8,10H2. The number of hydrogen-bond donors (Lipinski definition) is 1. The van der Waals surface area contributed by atoms with Gasteiger partial charge in [-0.3, -0.25) is 0 Å². The van der Waals surface area contributed by atoms with Crippen LogP contribution in [0.1, 0.15) is 44.9 Å². The molecule has 1 nitrogen and oxygen atoms in total. The third kappa shape index (κ3) is 10.0. The summed E-state index contributed by atoms with van der Waals surface area (Å²) in [5.74, 6) is 2.98. The van der Waals surface area contributed by atoms with Crippen molar-refractivity contribution in [3.63, 3.8) is 0 Å². The van der Waals surface area contributed by atoms with E-state index < -0.39 is 0 Å². The molecule has 0 aromatic rings. The number of aliphatic hydroxyl groups is 1. The van der Waals surface area contributed by atoms with Crippen LogP contribution in [0.25, 0.3) is 0 Å². The van der Waals surface area contributed by atoms with Gasteiger partial charge in [0.25, 0.3) is 0 Å². The Balaban J connectivity index is 2.84. The molecule has 0 aromatic heterocycles. The van der Waals surface area contributed by atoms with E-state index in [1.165, 1.54) is 32.1 Å². The third-order valence-electron chi connectivity index (χ3n) is 1.78. The summed E-state index contributed by atoms with van der Waals surface area (Å²) < 4.78 is 0. The number of hydrogen-bond acceptors (Lipinski definition) is 1. The Labute approximate surface area is 83.7 Å². The van der Waals surface area contributed by atoms with E-state index in [1.54, 1.807) is 0 Å². The Morgan fingerprint density at radius 3 is 2.08 bits per heavy atom. The van der Waals surface area contributed by atoms with Gasteiger partial charge < -0.3 is 5.11 Å². The van der Waals surface area contributed by atoms with Gasteiger partial charge in [-0.2, -0.15) is 0 Å². The molecule has 0 unspecified atom stereocenters. The summed E-state index contributed by atoms with van der Waals surface area (Å²) in [4.78, 5) is 2.71. The highest BCUT2D eigenvalue weighted by Crippen LogP contribution is 2.06. The van der Waals surface area contributed by atoms with Gasteiger partial charge in [-0.1, -0.05) is 31.6 Å². The van der Waals surface area contributed by atoms with E-state index in [2.05, 4.69) is 26.7 Å². The van der Waals surface area contributed by atoms with E-state index in [9.17, 15) is 0 Å². The Bertz CT molecular complexity index is 135. The van der Waals surface area contributed by atoms with Gasteiger partial charge in [0.15, 0.2) is 0 Å². The fourth-order valence-corrected chi connectivity index (χ4v) is 1.28. The first kappa shape index (κ1) is 12.0. The van der Waals surface area contributed by atoms with Crippen LogP contribution in [-0.4, -0.2) is 11.7 Å². The summed E-state index contributed by atoms with van der Waals surface area (Å²) in [5.41, 5.74) is 0.